The standard InChI is InChI=1S/C18H25N3O4/c1-4-19-17(21-12-18(2,23)16-6-5-9-25-16)20-11-13-10-14(24-3)7-8-15(13)22/h5-10,22-23H,4,11-12H2,1-3H3,(H2,19,20,21). The van der Waals surface area contributed by atoms with Crippen LogP contribution < -0.4 is 15.4 Å². The fourth-order valence-corrected chi connectivity index (χ4v) is 2.25. The molecule has 1 aromatic heterocycles. The van der Waals surface area contributed by atoms with Crippen LogP contribution in [0.5, 0.6) is 11.5 Å². The van der Waals surface area contributed by atoms with Gasteiger partial charge in [0.15, 0.2) is 5.96 Å². The number of guanidine groups is 1. The van der Waals surface area contributed by atoms with Crippen LogP contribution in [0.25, 0.3) is 0 Å². The largest absolute Gasteiger partial charge is 0.508 e. The lowest BCUT2D eigenvalue weighted by atomic mass is 10.0. The van der Waals surface area contributed by atoms with Crippen molar-refractivity contribution in [3.63, 3.8) is 0 Å². The number of nitrogens with one attached hydrogen (secondary N) is 2. The van der Waals surface area contributed by atoms with Gasteiger partial charge in [-0.3, -0.25) is 0 Å². The van der Waals surface area contributed by atoms with E-state index < -0.39 is 5.60 Å². The molecule has 1 unspecified atom stereocenters. The van der Waals surface area contributed by atoms with Crippen molar-refractivity contribution in [1.82, 2.24) is 10.6 Å². The number of aliphatic hydroxyl groups is 1. The second-order valence-corrected chi connectivity index (χ2v) is 5.79. The van der Waals surface area contributed by atoms with E-state index in [4.69, 9.17) is 9.15 Å². The Morgan fingerprint density at radius 1 is 1.32 bits per heavy atom. The van der Waals surface area contributed by atoms with Crippen LogP contribution in [0.1, 0.15) is 25.2 Å². The molecule has 0 saturated heterocycles. The van der Waals surface area contributed by atoms with Gasteiger partial charge in [0.1, 0.15) is 22.9 Å². The highest BCUT2D eigenvalue weighted by Gasteiger charge is 2.26. The summed E-state index contributed by atoms with van der Waals surface area (Å²) in [6.07, 6.45) is 1.52. The van der Waals surface area contributed by atoms with Crippen molar-refractivity contribution in [2.24, 2.45) is 4.99 Å². The molecule has 0 aliphatic carbocycles. The van der Waals surface area contributed by atoms with Crippen molar-refractivity contribution < 1.29 is 19.4 Å². The lowest BCUT2D eigenvalue weighted by Gasteiger charge is -2.22. The van der Waals surface area contributed by atoms with Crippen LogP contribution in [-0.4, -0.2) is 36.4 Å². The minimum Gasteiger partial charge on any atom is -0.508 e. The fourth-order valence-electron chi connectivity index (χ4n) is 2.25. The summed E-state index contributed by atoms with van der Waals surface area (Å²) in [4.78, 5) is 4.44. The number of nitrogens with zero attached hydrogens (tertiary/aromatic N) is 1. The highest BCUT2D eigenvalue weighted by atomic mass is 16.5. The van der Waals surface area contributed by atoms with Gasteiger partial charge in [0.25, 0.3) is 0 Å². The zero-order valence-electron chi connectivity index (χ0n) is 14.7. The maximum atomic E-state index is 10.5. The molecule has 7 nitrogen and oxygen atoms in total. The summed E-state index contributed by atoms with van der Waals surface area (Å²) in [5, 5.41) is 26.6. The number of benzene rings is 1. The number of hydrogen-bond acceptors (Lipinski definition) is 5. The first-order valence-electron chi connectivity index (χ1n) is 8.10. The average molecular weight is 347 g/mol. The third-order valence-electron chi connectivity index (χ3n) is 3.69. The Hall–Kier alpha value is -2.67. The minimum absolute atomic E-state index is 0.156. The summed E-state index contributed by atoms with van der Waals surface area (Å²) in [6.45, 7) is 4.76. The molecule has 1 atom stereocenters. The first-order valence-corrected chi connectivity index (χ1v) is 8.10. The van der Waals surface area contributed by atoms with Gasteiger partial charge in [-0.25, -0.2) is 4.99 Å². The Labute approximate surface area is 147 Å². The summed E-state index contributed by atoms with van der Waals surface area (Å²) in [7, 11) is 1.57. The minimum atomic E-state index is -1.17. The van der Waals surface area contributed by atoms with Gasteiger partial charge in [-0.15, -0.1) is 0 Å². The van der Waals surface area contributed by atoms with Crippen LogP contribution >= 0.6 is 0 Å². The van der Waals surface area contributed by atoms with Crippen LogP contribution in [0.15, 0.2) is 46.0 Å². The van der Waals surface area contributed by atoms with Gasteiger partial charge in [0.2, 0.25) is 0 Å². The number of aliphatic imine (C=N–C) groups is 1. The Morgan fingerprint density at radius 2 is 2.12 bits per heavy atom. The Morgan fingerprint density at radius 3 is 2.76 bits per heavy atom. The Bertz CT molecular complexity index is 696. The third-order valence-corrected chi connectivity index (χ3v) is 3.69. The quantitative estimate of drug-likeness (QED) is 0.451. The van der Waals surface area contributed by atoms with Crippen LogP contribution in [0.4, 0.5) is 0 Å². The first kappa shape index (κ1) is 18.7. The predicted molar refractivity (Wildman–Crippen MR) is 95.8 cm³/mol. The molecule has 0 bridgehead atoms. The molecule has 0 aliphatic heterocycles. The predicted octanol–water partition coefficient (Wildman–Crippen LogP) is 1.96. The SMILES string of the molecule is CCNC(=NCc1cc(OC)ccc1O)NCC(C)(O)c1ccco1. The van der Waals surface area contributed by atoms with Gasteiger partial charge in [-0.2, -0.15) is 0 Å². The van der Waals surface area contributed by atoms with E-state index >= 15 is 0 Å². The van der Waals surface area contributed by atoms with Gasteiger partial charge < -0.3 is 30.0 Å². The lowest BCUT2D eigenvalue weighted by molar-refractivity contribution is 0.0386. The number of methoxy groups -OCH3 is 1. The fraction of sp³-hybridized carbons (Fsp3) is 0.389. The second kappa shape index (κ2) is 8.43. The van der Waals surface area contributed by atoms with Crippen molar-refractivity contribution in [1.29, 1.82) is 0 Å². The number of phenolic OH excluding ortho intramolecular Hbond substituents is 1. The van der Waals surface area contributed by atoms with E-state index in [0.29, 0.717) is 29.6 Å². The van der Waals surface area contributed by atoms with Gasteiger partial charge >= 0.3 is 0 Å². The summed E-state index contributed by atoms with van der Waals surface area (Å²) < 4.78 is 10.4. The first-order chi connectivity index (χ1) is 12.0. The summed E-state index contributed by atoms with van der Waals surface area (Å²) in [5.41, 5.74) is -0.521. The molecule has 0 radical (unpaired) electrons. The van der Waals surface area contributed by atoms with Crippen molar-refractivity contribution in [2.75, 3.05) is 20.2 Å². The molecule has 0 aliphatic rings. The molecule has 7 heteroatoms. The van der Waals surface area contributed by atoms with Crippen molar-refractivity contribution in [3.8, 4) is 11.5 Å². The zero-order valence-corrected chi connectivity index (χ0v) is 14.7. The smallest absolute Gasteiger partial charge is 0.191 e. The number of ether oxygens (including phenoxy) is 1. The number of rotatable bonds is 7. The van der Waals surface area contributed by atoms with E-state index in [1.165, 1.54) is 6.26 Å². The molecule has 2 aromatic rings. The molecular formula is C18H25N3O4. The normalized spacial score (nSPS) is 14.0. The molecule has 0 amide bonds. The molecule has 2 rings (SSSR count). The molecular weight excluding hydrogens is 322 g/mol. The third kappa shape index (κ3) is 5.15. The summed E-state index contributed by atoms with van der Waals surface area (Å²) in [6, 6.07) is 8.45. The van der Waals surface area contributed by atoms with Gasteiger partial charge in [0.05, 0.1) is 26.5 Å². The molecule has 1 heterocycles. The van der Waals surface area contributed by atoms with E-state index in [1.807, 2.05) is 6.92 Å². The van der Waals surface area contributed by atoms with Crippen molar-refractivity contribution >= 4 is 5.96 Å². The Kier molecular flexibility index (Phi) is 6.30. The summed E-state index contributed by atoms with van der Waals surface area (Å²) in [5.74, 6) is 1.81. The zero-order chi connectivity index (χ0) is 18.3. The average Bonchev–Trinajstić information content (AvgIpc) is 3.14. The number of hydrogen-bond donors (Lipinski definition) is 4. The van der Waals surface area contributed by atoms with Crippen molar-refractivity contribution in [2.45, 2.75) is 26.0 Å². The molecule has 4 N–H and O–H groups in total. The van der Waals surface area contributed by atoms with E-state index in [2.05, 4.69) is 15.6 Å². The molecule has 0 spiro atoms. The topological polar surface area (TPSA) is 99.3 Å². The summed E-state index contributed by atoms with van der Waals surface area (Å²) >= 11 is 0. The van der Waals surface area contributed by atoms with E-state index in [-0.39, 0.29) is 18.8 Å². The van der Waals surface area contributed by atoms with Crippen LogP contribution in [0, 0.1) is 0 Å². The molecule has 25 heavy (non-hydrogen) atoms. The van der Waals surface area contributed by atoms with E-state index in [0.717, 1.165) is 0 Å². The highest BCUT2D eigenvalue weighted by Crippen LogP contribution is 2.23. The van der Waals surface area contributed by atoms with Crippen LogP contribution in [0.2, 0.25) is 0 Å². The second-order valence-electron chi connectivity index (χ2n) is 5.79. The maximum absolute atomic E-state index is 10.5. The molecule has 136 valence electrons. The Balaban J connectivity index is 2.06. The van der Waals surface area contributed by atoms with Crippen LogP contribution in [-0.2, 0) is 12.1 Å². The number of phenols is 1. The van der Waals surface area contributed by atoms with Gasteiger partial charge in [0, 0.05) is 12.1 Å². The number of aromatic hydroxyl groups is 1. The number of furan rings is 1. The lowest BCUT2D eigenvalue weighted by Crippen LogP contribution is -2.44. The highest BCUT2D eigenvalue weighted by molar-refractivity contribution is 5.79. The van der Waals surface area contributed by atoms with Crippen molar-refractivity contribution in [3.05, 3.63) is 47.9 Å². The molecule has 0 fully saturated rings. The van der Waals surface area contributed by atoms with E-state index in [1.54, 1.807) is 44.4 Å². The monoisotopic (exact) mass is 347 g/mol. The maximum Gasteiger partial charge on any atom is 0.191 e. The van der Waals surface area contributed by atoms with Gasteiger partial charge in [-0.05, 0) is 44.2 Å². The van der Waals surface area contributed by atoms with E-state index in [9.17, 15) is 10.2 Å². The van der Waals surface area contributed by atoms with Gasteiger partial charge in [-0.1, -0.05) is 0 Å². The molecule has 0 saturated carbocycles. The molecule has 1 aromatic carbocycles. The van der Waals surface area contributed by atoms with Crippen LogP contribution in [0.3, 0.4) is 0 Å².